The zero-order valence-corrected chi connectivity index (χ0v) is 22.3. The molecule has 3 aromatic heterocycles. The van der Waals surface area contributed by atoms with Crippen LogP contribution in [0.5, 0.6) is 0 Å². The number of imidazole rings is 1. The third kappa shape index (κ3) is 4.67. The predicted molar refractivity (Wildman–Crippen MR) is 157 cm³/mol. The molecule has 5 rings (SSSR count). The van der Waals surface area contributed by atoms with Crippen molar-refractivity contribution >= 4 is 33.3 Å². The van der Waals surface area contributed by atoms with E-state index < -0.39 is 0 Å². The van der Waals surface area contributed by atoms with E-state index in [9.17, 15) is 0 Å². The van der Waals surface area contributed by atoms with Crippen molar-refractivity contribution in [2.75, 3.05) is 0 Å². The first-order valence-corrected chi connectivity index (χ1v) is 13.0. The third-order valence-corrected chi connectivity index (χ3v) is 6.63. The molecule has 0 saturated carbocycles. The number of nitrogens with zero attached hydrogens (tertiary/aromatic N) is 4. The van der Waals surface area contributed by atoms with E-state index in [1.165, 1.54) is 11.3 Å². The number of pyridine rings is 1. The van der Waals surface area contributed by atoms with Crippen molar-refractivity contribution in [3.05, 3.63) is 109 Å². The minimum absolute atomic E-state index is 0.289. The molecule has 5 aromatic rings. The van der Waals surface area contributed by atoms with Crippen LogP contribution in [0.4, 0.5) is 0 Å². The van der Waals surface area contributed by atoms with Gasteiger partial charge in [-0.15, -0.1) is 0 Å². The Morgan fingerprint density at radius 2 is 1.54 bits per heavy atom. The average Bonchev–Trinajstić information content (AvgIpc) is 3.52. The highest BCUT2D eigenvalue weighted by Crippen LogP contribution is 2.35. The Bertz CT molecular complexity index is 1570. The second kappa shape index (κ2) is 10.4. The summed E-state index contributed by atoms with van der Waals surface area (Å²) in [6.45, 7) is 11.1. The van der Waals surface area contributed by atoms with Crippen molar-refractivity contribution in [2.24, 2.45) is 11.8 Å². The number of para-hydroxylation sites is 1. The van der Waals surface area contributed by atoms with E-state index in [-0.39, 0.29) is 5.92 Å². The van der Waals surface area contributed by atoms with Crippen LogP contribution >= 0.6 is 0 Å². The van der Waals surface area contributed by atoms with Crippen LogP contribution in [0.1, 0.15) is 34.6 Å². The molecule has 0 aliphatic carbocycles. The molecule has 0 unspecified atom stereocenters. The first-order chi connectivity index (χ1) is 18.0. The normalized spacial score (nSPS) is 13.4. The summed E-state index contributed by atoms with van der Waals surface area (Å²) >= 11 is 0. The zero-order chi connectivity index (χ0) is 25.9. The molecule has 0 aliphatic rings. The monoisotopic (exact) mass is 486 g/mol. The summed E-state index contributed by atoms with van der Waals surface area (Å²) in [6.07, 6.45) is 12.7. The van der Waals surface area contributed by atoms with Crippen molar-refractivity contribution in [1.82, 2.24) is 19.1 Å². The van der Waals surface area contributed by atoms with E-state index in [0.717, 1.165) is 39.0 Å². The quantitative estimate of drug-likeness (QED) is 0.216. The van der Waals surface area contributed by atoms with Gasteiger partial charge in [-0.25, -0.2) is 4.98 Å². The highest BCUT2D eigenvalue weighted by Gasteiger charge is 2.19. The van der Waals surface area contributed by atoms with Crippen molar-refractivity contribution < 1.29 is 0 Å². The Morgan fingerprint density at radius 3 is 2.27 bits per heavy atom. The standard InChI is InChI=1S/C33H34N4/c1-6-26(37-29-16-11-10-15-27(29)32-30(37)17-12-18-34-32)22-28(24(4)5)31(21-23(2)3)36-20-19-35-33(36)25-13-8-7-9-14-25/h6-24H,1-5H3/b26-6+,28-22-,31-21-. The molecule has 37 heavy (non-hydrogen) atoms. The smallest absolute Gasteiger partial charge is 0.144 e. The minimum Gasteiger partial charge on any atom is -0.308 e. The van der Waals surface area contributed by atoms with Crippen LogP contribution in [-0.4, -0.2) is 19.1 Å². The lowest BCUT2D eigenvalue weighted by atomic mass is 9.95. The van der Waals surface area contributed by atoms with Crippen LogP contribution in [0, 0.1) is 11.8 Å². The molecule has 0 radical (unpaired) electrons. The van der Waals surface area contributed by atoms with Gasteiger partial charge in [0.25, 0.3) is 0 Å². The maximum Gasteiger partial charge on any atom is 0.144 e. The van der Waals surface area contributed by atoms with Crippen LogP contribution < -0.4 is 0 Å². The summed E-state index contributed by atoms with van der Waals surface area (Å²) < 4.78 is 4.57. The minimum atomic E-state index is 0.289. The molecular formula is C33H34N4. The second-order valence-electron chi connectivity index (χ2n) is 9.97. The maximum absolute atomic E-state index is 4.75. The number of benzene rings is 2. The molecule has 4 nitrogen and oxygen atoms in total. The summed E-state index contributed by atoms with van der Waals surface area (Å²) in [5.74, 6) is 1.61. The van der Waals surface area contributed by atoms with Gasteiger partial charge in [0.1, 0.15) is 5.82 Å². The molecule has 0 amide bonds. The van der Waals surface area contributed by atoms with Crippen molar-refractivity contribution in [3.8, 4) is 11.4 Å². The average molecular weight is 487 g/mol. The summed E-state index contributed by atoms with van der Waals surface area (Å²) in [5, 5.41) is 1.16. The van der Waals surface area contributed by atoms with Crippen LogP contribution in [0.3, 0.4) is 0 Å². The fraction of sp³-hybridized carbons (Fsp3) is 0.212. The fourth-order valence-corrected chi connectivity index (χ4v) is 4.96. The lowest BCUT2D eigenvalue weighted by molar-refractivity contribution is 0.770. The topological polar surface area (TPSA) is 35.6 Å². The number of hydrogen-bond acceptors (Lipinski definition) is 2. The molecule has 0 fully saturated rings. The van der Waals surface area contributed by atoms with Gasteiger partial charge in [0.2, 0.25) is 0 Å². The van der Waals surface area contributed by atoms with Crippen molar-refractivity contribution in [2.45, 2.75) is 34.6 Å². The molecule has 4 heteroatoms. The summed E-state index contributed by atoms with van der Waals surface area (Å²) in [4.78, 5) is 9.48. The molecule has 0 spiro atoms. The largest absolute Gasteiger partial charge is 0.308 e. The lowest BCUT2D eigenvalue weighted by Gasteiger charge is -2.21. The Kier molecular flexibility index (Phi) is 6.91. The second-order valence-corrected chi connectivity index (χ2v) is 9.97. The molecule has 0 aliphatic heterocycles. The molecular weight excluding hydrogens is 452 g/mol. The van der Waals surface area contributed by atoms with Gasteiger partial charge in [0.15, 0.2) is 0 Å². The van der Waals surface area contributed by atoms with Crippen molar-refractivity contribution in [1.29, 1.82) is 0 Å². The number of hydrogen-bond donors (Lipinski definition) is 0. The van der Waals surface area contributed by atoms with Gasteiger partial charge < -0.3 is 4.57 Å². The Labute approximate surface area is 219 Å². The third-order valence-electron chi connectivity index (χ3n) is 6.63. The Hall–Kier alpha value is -4.18. The highest BCUT2D eigenvalue weighted by atomic mass is 15.1. The summed E-state index contributed by atoms with van der Waals surface area (Å²) in [7, 11) is 0. The number of fused-ring (bicyclic) bond motifs is 3. The van der Waals surface area contributed by atoms with Crippen LogP contribution in [-0.2, 0) is 0 Å². The number of aromatic nitrogens is 4. The first kappa shape index (κ1) is 24.5. The Balaban J connectivity index is 1.73. The van der Waals surface area contributed by atoms with Crippen molar-refractivity contribution in [3.63, 3.8) is 0 Å². The van der Waals surface area contributed by atoms with Gasteiger partial charge in [0, 0.05) is 40.9 Å². The number of allylic oxidation sites excluding steroid dienone is 6. The van der Waals surface area contributed by atoms with E-state index in [1.807, 2.05) is 24.5 Å². The fourth-order valence-electron chi connectivity index (χ4n) is 4.96. The van der Waals surface area contributed by atoms with E-state index in [1.54, 1.807) is 0 Å². The zero-order valence-electron chi connectivity index (χ0n) is 22.3. The van der Waals surface area contributed by atoms with Gasteiger partial charge in [-0.05, 0) is 48.6 Å². The van der Waals surface area contributed by atoms with Crippen LogP contribution in [0.15, 0.2) is 109 Å². The maximum atomic E-state index is 4.75. The SMILES string of the molecule is C\C=C(/C=C(\C(=C\C(C)C)n1ccnc1-c1ccccc1)C(C)C)n1c2ccccc2c2ncccc21. The molecule has 0 bridgehead atoms. The van der Waals surface area contributed by atoms with E-state index in [2.05, 4.69) is 123 Å². The molecule has 186 valence electrons. The molecule has 2 aromatic carbocycles. The summed E-state index contributed by atoms with van der Waals surface area (Å²) in [6, 6.07) is 23.1. The van der Waals surface area contributed by atoms with Crippen LogP contribution in [0.25, 0.3) is 44.7 Å². The van der Waals surface area contributed by atoms with Gasteiger partial charge in [-0.1, -0.05) is 88.4 Å². The predicted octanol–water partition coefficient (Wildman–Crippen LogP) is 8.69. The highest BCUT2D eigenvalue weighted by molar-refractivity contribution is 6.08. The first-order valence-electron chi connectivity index (χ1n) is 13.0. The van der Waals surface area contributed by atoms with Gasteiger partial charge in [0.05, 0.1) is 16.6 Å². The molecule has 0 saturated heterocycles. The van der Waals surface area contributed by atoms with Gasteiger partial charge in [-0.2, -0.15) is 0 Å². The van der Waals surface area contributed by atoms with Gasteiger partial charge in [-0.3, -0.25) is 9.55 Å². The molecule has 0 atom stereocenters. The number of rotatable bonds is 7. The van der Waals surface area contributed by atoms with E-state index in [4.69, 9.17) is 9.97 Å². The lowest BCUT2D eigenvalue weighted by Crippen LogP contribution is -2.09. The van der Waals surface area contributed by atoms with E-state index in [0.29, 0.717) is 5.92 Å². The summed E-state index contributed by atoms with van der Waals surface area (Å²) in [5.41, 5.74) is 7.94. The Morgan fingerprint density at radius 1 is 0.811 bits per heavy atom. The van der Waals surface area contributed by atoms with E-state index >= 15 is 0 Å². The molecule has 0 N–H and O–H groups in total. The van der Waals surface area contributed by atoms with Gasteiger partial charge >= 0.3 is 0 Å². The van der Waals surface area contributed by atoms with Crippen LogP contribution in [0.2, 0.25) is 0 Å². The molecule has 3 heterocycles.